The van der Waals surface area contributed by atoms with Crippen molar-refractivity contribution in [2.75, 3.05) is 27.1 Å². The van der Waals surface area contributed by atoms with Gasteiger partial charge >= 0.3 is 6.09 Å². The predicted octanol–water partition coefficient (Wildman–Crippen LogP) is 1.05. The van der Waals surface area contributed by atoms with Crippen molar-refractivity contribution in [3.8, 4) is 11.5 Å². The van der Waals surface area contributed by atoms with Crippen LogP contribution in [0.25, 0.3) is 0 Å². The fraction of sp³-hybridized carbons (Fsp3) is 0.391. The van der Waals surface area contributed by atoms with Crippen LogP contribution in [0.15, 0.2) is 48.5 Å². The van der Waals surface area contributed by atoms with Gasteiger partial charge in [-0.2, -0.15) is 8.42 Å². The number of rotatable bonds is 11. The molecule has 0 aromatic heterocycles. The van der Waals surface area contributed by atoms with Crippen LogP contribution in [0.5, 0.6) is 11.5 Å². The molecule has 1 fully saturated rings. The number of carbonyl (C=O) groups excluding carboxylic acids is 2. The van der Waals surface area contributed by atoms with Crippen LogP contribution < -0.4 is 14.8 Å². The highest BCUT2D eigenvalue weighted by Crippen LogP contribution is 2.31. The van der Waals surface area contributed by atoms with Gasteiger partial charge in [-0.3, -0.25) is 8.98 Å². The van der Waals surface area contributed by atoms with Crippen LogP contribution in [-0.2, 0) is 37.0 Å². The number of nitrogens with one attached hydrogen (secondary N) is 1. The van der Waals surface area contributed by atoms with Gasteiger partial charge in [0.25, 0.3) is 10.1 Å². The molecule has 11 nitrogen and oxygen atoms in total. The number of aliphatic hydroxyl groups excluding tert-OH is 1. The Morgan fingerprint density at radius 3 is 2.40 bits per heavy atom. The van der Waals surface area contributed by atoms with Crippen molar-refractivity contribution in [2.45, 2.75) is 31.3 Å². The van der Waals surface area contributed by atoms with Gasteiger partial charge in [0.05, 0.1) is 33.1 Å². The Hall–Kier alpha value is -3.35. The number of carbonyl (C=O) groups is 2. The van der Waals surface area contributed by atoms with Crippen molar-refractivity contribution in [1.29, 1.82) is 0 Å². The molecule has 2 amide bonds. The molecule has 1 heterocycles. The standard InChI is InChI=1S/C23H28N2O9S/c1-31-18-10-9-16(11-19(18)32-2)12-25-21(17(26)14-34-35(3,29)30)20(22(25)27)24-23(28)33-13-15-7-5-4-6-8-15/h4-11,17,20-21,26H,12-14H2,1-3H3,(H,24,28)/t17-,20-,21+/m0/s1. The predicted molar refractivity (Wildman–Crippen MR) is 124 cm³/mol. The third-order valence-corrected chi connectivity index (χ3v) is 5.95. The molecule has 35 heavy (non-hydrogen) atoms. The minimum atomic E-state index is -3.83. The number of aliphatic hydroxyl groups is 1. The highest BCUT2D eigenvalue weighted by molar-refractivity contribution is 7.85. The first kappa shape index (κ1) is 26.3. The molecule has 2 aromatic rings. The second kappa shape index (κ2) is 11.4. The molecule has 3 rings (SSSR count). The van der Waals surface area contributed by atoms with Crippen LogP contribution >= 0.6 is 0 Å². The summed E-state index contributed by atoms with van der Waals surface area (Å²) < 4.78 is 43.2. The quantitative estimate of drug-likeness (QED) is 0.336. The van der Waals surface area contributed by atoms with Crippen LogP contribution in [0.2, 0.25) is 0 Å². The number of hydrogen-bond donors (Lipinski definition) is 2. The lowest BCUT2D eigenvalue weighted by molar-refractivity contribution is -0.160. The number of methoxy groups -OCH3 is 2. The maximum atomic E-state index is 12.9. The Morgan fingerprint density at radius 1 is 1.09 bits per heavy atom. The summed E-state index contributed by atoms with van der Waals surface area (Å²) in [5, 5.41) is 13.1. The van der Waals surface area contributed by atoms with Gasteiger partial charge in [0.15, 0.2) is 11.5 Å². The normalized spacial score (nSPS) is 18.4. The Kier molecular flexibility index (Phi) is 8.54. The van der Waals surface area contributed by atoms with Gasteiger partial charge in [-0.25, -0.2) is 4.79 Å². The molecule has 1 aliphatic heterocycles. The first-order valence-electron chi connectivity index (χ1n) is 10.6. The van der Waals surface area contributed by atoms with Crippen molar-refractivity contribution >= 4 is 22.1 Å². The van der Waals surface area contributed by atoms with Crippen LogP contribution in [0.1, 0.15) is 11.1 Å². The molecule has 2 aromatic carbocycles. The molecule has 0 saturated carbocycles. The van der Waals surface area contributed by atoms with E-state index in [0.29, 0.717) is 17.1 Å². The third kappa shape index (κ3) is 6.84. The minimum Gasteiger partial charge on any atom is -0.493 e. The number of hydrogen-bond acceptors (Lipinski definition) is 9. The van der Waals surface area contributed by atoms with Crippen molar-refractivity contribution < 1.29 is 41.5 Å². The van der Waals surface area contributed by atoms with Gasteiger partial charge in [-0.1, -0.05) is 36.4 Å². The maximum absolute atomic E-state index is 12.9. The van der Waals surface area contributed by atoms with E-state index in [1.165, 1.54) is 19.1 Å². The Labute approximate surface area is 203 Å². The van der Waals surface area contributed by atoms with E-state index >= 15 is 0 Å². The highest BCUT2D eigenvalue weighted by Gasteiger charge is 2.52. The highest BCUT2D eigenvalue weighted by atomic mass is 32.2. The van der Waals surface area contributed by atoms with Crippen LogP contribution in [0, 0.1) is 0 Å². The van der Waals surface area contributed by atoms with Gasteiger partial charge in [0.2, 0.25) is 5.91 Å². The molecule has 1 saturated heterocycles. The second-order valence-electron chi connectivity index (χ2n) is 7.89. The SMILES string of the molecule is COc1ccc(CN2C(=O)[C@@H](NC(=O)OCc3ccccc3)[C@H]2[C@@H](O)COS(C)(=O)=O)cc1OC. The van der Waals surface area contributed by atoms with E-state index in [9.17, 15) is 23.1 Å². The Bertz CT molecular complexity index is 1140. The zero-order valence-electron chi connectivity index (χ0n) is 19.5. The van der Waals surface area contributed by atoms with E-state index in [1.807, 2.05) is 6.07 Å². The number of nitrogens with zero attached hydrogens (tertiary/aromatic N) is 1. The molecule has 0 aliphatic carbocycles. The Balaban J connectivity index is 1.72. The minimum absolute atomic E-state index is 0.00660. The smallest absolute Gasteiger partial charge is 0.408 e. The molecule has 0 spiro atoms. The van der Waals surface area contributed by atoms with Gasteiger partial charge < -0.3 is 29.5 Å². The first-order valence-corrected chi connectivity index (χ1v) is 12.5. The molecule has 3 atom stereocenters. The Morgan fingerprint density at radius 2 is 1.77 bits per heavy atom. The summed E-state index contributed by atoms with van der Waals surface area (Å²) in [6.45, 7) is -0.527. The zero-order valence-corrected chi connectivity index (χ0v) is 20.4. The summed E-state index contributed by atoms with van der Waals surface area (Å²) in [6, 6.07) is 12.0. The lowest BCUT2D eigenvalue weighted by Gasteiger charge is -2.48. The largest absolute Gasteiger partial charge is 0.493 e. The van der Waals surface area contributed by atoms with E-state index in [1.54, 1.807) is 42.5 Å². The molecular weight excluding hydrogens is 480 g/mol. The third-order valence-electron chi connectivity index (χ3n) is 5.38. The molecule has 0 unspecified atom stereocenters. The number of amides is 2. The summed E-state index contributed by atoms with van der Waals surface area (Å²) >= 11 is 0. The van der Waals surface area contributed by atoms with Crippen molar-refractivity contribution in [2.24, 2.45) is 0 Å². The summed E-state index contributed by atoms with van der Waals surface area (Å²) in [4.78, 5) is 26.5. The lowest BCUT2D eigenvalue weighted by Crippen LogP contribution is -2.74. The number of alkyl carbamates (subject to hydrolysis) is 1. The van der Waals surface area contributed by atoms with E-state index in [4.69, 9.17) is 18.4 Å². The second-order valence-corrected chi connectivity index (χ2v) is 9.53. The number of likely N-dealkylation sites (tertiary alicyclic amines) is 1. The molecule has 0 radical (unpaired) electrons. The van der Waals surface area contributed by atoms with Crippen molar-refractivity contribution in [1.82, 2.24) is 10.2 Å². The van der Waals surface area contributed by atoms with Crippen molar-refractivity contribution in [3.05, 3.63) is 59.7 Å². The van der Waals surface area contributed by atoms with Gasteiger partial charge in [0, 0.05) is 6.54 Å². The van der Waals surface area contributed by atoms with Crippen molar-refractivity contribution in [3.63, 3.8) is 0 Å². The van der Waals surface area contributed by atoms with E-state index in [0.717, 1.165) is 11.8 Å². The molecular formula is C23H28N2O9S. The van der Waals surface area contributed by atoms with E-state index in [-0.39, 0.29) is 13.2 Å². The lowest BCUT2D eigenvalue weighted by atomic mass is 9.89. The fourth-order valence-corrected chi connectivity index (χ4v) is 4.08. The fourth-order valence-electron chi connectivity index (χ4n) is 3.69. The van der Waals surface area contributed by atoms with Gasteiger partial charge in [-0.05, 0) is 23.3 Å². The summed E-state index contributed by atoms with van der Waals surface area (Å²) in [5.74, 6) is 0.486. The van der Waals surface area contributed by atoms with E-state index in [2.05, 4.69) is 5.32 Å². The average molecular weight is 509 g/mol. The summed E-state index contributed by atoms with van der Waals surface area (Å²) in [5.41, 5.74) is 1.43. The van der Waals surface area contributed by atoms with Gasteiger partial charge in [-0.15, -0.1) is 0 Å². The molecule has 0 bridgehead atoms. The first-order chi connectivity index (χ1) is 16.6. The van der Waals surface area contributed by atoms with Crippen LogP contribution in [0.3, 0.4) is 0 Å². The van der Waals surface area contributed by atoms with E-state index < -0.39 is 46.9 Å². The van der Waals surface area contributed by atoms with Crippen LogP contribution in [0.4, 0.5) is 4.79 Å². The topological polar surface area (TPSA) is 141 Å². The molecule has 2 N–H and O–H groups in total. The summed E-state index contributed by atoms with van der Waals surface area (Å²) in [7, 11) is -0.853. The number of β-lactam (4-membered cyclic amide) rings is 1. The number of ether oxygens (including phenoxy) is 3. The van der Waals surface area contributed by atoms with Gasteiger partial charge in [0.1, 0.15) is 18.8 Å². The molecule has 1 aliphatic rings. The molecule has 190 valence electrons. The van der Waals surface area contributed by atoms with Crippen LogP contribution in [-0.4, -0.2) is 75.7 Å². The number of benzene rings is 2. The molecule has 12 heteroatoms. The monoisotopic (exact) mass is 508 g/mol. The maximum Gasteiger partial charge on any atom is 0.408 e. The zero-order chi connectivity index (χ0) is 25.6. The average Bonchev–Trinajstić information content (AvgIpc) is 2.85. The summed E-state index contributed by atoms with van der Waals surface area (Å²) in [6.07, 6.45) is -1.40.